The highest BCUT2D eigenvalue weighted by atomic mass is 16.7. The molecule has 0 amide bonds. The number of hydrogen-bond donors (Lipinski definition) is 1. The van der Waals surface area contributed by atoms with Crippen LogP contribution in [0.15, 0.2) is 0 Å². The molecule has 2 saturated heterocycles. The van der Waals surface area contributed by atoms with Crippen LogP contribution in [0.3, 0.4) is 0 Å². The minimum Gasteiger partial charge on any atom is -0.396 e. The standard InChI is InChI=1S/C16H30O5/c1-12(19-11-18-4)15(2)9-6-14(21-15)16(3)8-5-13(20-16)7-10-17/h12-14,17H,5-11H2,1-4H3/t12-,13+,14-,15+,16+/m1/s1. The zero-order valence-electron chi connectivity index (χ0n) is 13.8. The van der Waals surface area contributed by atoms with Gasteiger partial charge in [-0.2, -0.15) is 0 Å². The molecule has 0 unspecified atom stereocenters. The van der Waals surface area contributed by atoms with Gasteiger partial charge in [0.25, 0.3) is 0 Å². The van der Waals surface area contributed by atoms with Gasteiger partial charge >= 0.3 is 0 Å². The first-order valence-electron chi connectivity index (χ1n) is 8.00. The molecule has 0 aromatic rings. The van der Waals surface area contributed by atoms with Crippen LogP contribution in [0.1, 0.15) is 52.9 Å². The summed E-state index contributed by atoms with van der Waals surface area (Å²) in [5.74, 6) is 0. The highest BCUT2D eigenvalue weighted by Crippen LogP contribution is 2.44. The molecule has 2 fully saturated rings. The highest BCUT2D eigenvalue weighted by molar-refractivity contribution is 5.00. The molecule has 5 heteroatoms. The number of methoxy groups -OCH3 is 1. The third-order valence-corrected chi connectivity index (χ3v) is 5.14. The van der Waals surface area contributed by atoms with Gasteiger partial charge in [-0.25, -0.2) is 0 Å². The molecule has 0 aromatic heterocycles. The van der Waals surface area contributed by atoms with Crippen molar-refractivity contribution in [2.75, 3.05) is 20.5 Å². The fraction of sp³-hybridized carbons (Fsp3) is 1.00. The highest BCUT2D eigenvalue weighted by Gasteiger charge is 2.51. The molecular weight excluding hydrogens is 272 g/mol. The topological polar surface area (TPSA) is 57.2 Å². The second-order valence-electron chi connectivity index (χ2n) is 6.78. The van der Waals surface area contributed by atoms with Crippen LogP contribution in [0, 0.1) is 0 Å². The largest absolute Gasteiger partial charge is 0.396 e. The van der Waals surface area contributed by atoms with Crippen molar-refractivity contribution in [2.45, 2.75) is 82.4 Å². The normalized spacial score (nSPS) is 41.6. The molecule has 2 heterocycles. The van der Waals surface area contributed by atoms with E-state index >= 15 is 0 Å². The van der Waals surface area contributed by atoms with Crippen LogP contribution in [0.25, 0.3) is 0 Å². The van der Waals surface area contributed by atoms with Crippen molar-refractivity contribution in [1.29, 1.82) is 0 Å². The Morgan fingerprint density at radius 3 is 2.67 bits per heavy atom. The summed E-state index contributed by atoms with van der Waals surface area (Å²) in [5.41, 5.74) is -0.525. The molecule has 5 nitrogen and oxygen atoms in total. The number of aliphatic hydroxyl groups is 1. The van der Waals surface area contributed by atoms with Crippen LogP contribution in [0.5, 0.6) is 0 Å². The molecule has 124 valence electrons. The number of rotatable bonds is 7. The number of aliphatic hydroxyl groups excluding tert-OH is 1. The Hall–Kier alpha value is -0.200. The Morgan fingerprint density at radius 2 is 2.00 bits per heavy atom. The lowest BCUT2D eigenvalue weighted by Gasteiger charge is -2.36. The third kappa shape index (κ3) is 3.77. The molecule has 2 rings (SSSR count). The zero-order chi connectivity index (χ0) is 15.5. The van der Waals surface area contributed by atoms with E-state index in [-0.39, 0.29) is 42.9 Å². The summed E-state index contributed by atoms with van der Waals surface area (Å²) in [5, 5.41) is 9.06. The van der Waals surface area contributed by atoms with E-state index in [9.17, 15) is 0 Å². The van der Waals surface area contributed by atoms with E-state index in [0.29, 0.717) is 6.42 Å². The molecule has 0 saturated carbocycles. The Kier molecular flexibility index (Phi) is 5.65. The summed E-state index contributed by atoms with van der Waals surface area (Å²) in [6, 6.07) is 0. The summed E-state index contributed by atoms with van der Waals surface area (Å²) in [4.78, 5) is 0. The van der Waals surface area contributed by atoms with E-state index in [0.717, 1.165) is 25.7 Å². The van der Waals surface area contributed by atoms with E-state index in [4.69, 9.17) is 24.1 Å². The zero-order valence-corrected chi connectivity index (χ0v) is 13.8. The van der Waals surface area contributed by atoms with Crippen LogP contribution in [-0.4, -0.2) is 55.1 Å². The molecule has 2 aliphatic rings. The molecule has 5 atom stereocenters. The van der Waals surface area contributed by atoms with E-state index in [1.54, 1.807) is 7.11 Å². The lowest BCUT2D eigenvalue weighted by molar-refractivity contribution is -0.193. The van der Waals surface area contributed by atoms with Gasteiger partial charge in [-0.05, 0) is 52.9 Å². The van der Waals surface area contributed by atoms with Crippen molar-refractivity contribution in [3.63, 3.8) is 0 Å². The van der Waals surface area contributed by atoms with Gasteiger partial charge in [0.2, 0.25) is 0 Å². The van der Waals surface area contributed by atoms with Gasteiger partial charge in [0, 0.05) is 13.7 Å². The number of hydrogen-bond acceptors (Lipinski definition) is 5. The van der Waals surface area contributed by atoms with E-state index < -0.39 is 0 Å². The van der Waals surface area contributed by atoms with Gasteiger partial charge in [0.1, 0.15) is 6.79 Å². The van der Waals surface area contributed by atoms with Gasteiger partial charge in [0.05, 0.1) is 29.5 Å². The van der Waals surface area contributed by atoms with Crippen molar-refractivity contribution in [3.8, 4) is 0 Å². The first-order valence-corrected chi connectivity index (χ1v) is 8.00. The average Bonchev–Trinajstić information content (AvgIpc) is 3.03. The van der Waals surface area contributed by atoms with Gasteiger partial charge in [-0.1, -0.05) is 0 Å². The van der Waals surface area contributed by atoms with E-state index in [1.807, 2.05) is 6.92 Å². The van der Waals surface area contributed by atoms with Crippen molar-refractivity contribution in [1.82, 2.24) is 0 Å². The molecule has 0 spiro atoms. The van der Waals surface area contributed by atoms with Gasteiger partial charge in [-0.15, -0.1) is 0 Å². The second-order valence-corrected chi connectivity index (χ2v) is 6.78. The van der Waals surface area contributed by atoms with Crippen LogP contribution in [-0.2, 0) is 18.9 Å². The van der Waals surface area contributed by atoms with Crippen LogP contribution < -0.4 is 0 Å². The van der Waals surface area contributed by atoms with E-state index in [1.165, 1.54) is 0 Å². The van der Waals surface area contributed by atoms with Crippen molar-refractivity contribution in [3.05, 3.63) is 0 Å². The minimum atomic E-state index is -0.287. The van der Waals surface area contributed by atoms with Gasteiger partial charge in [0.15, 0.2) is 0 Å². The van der Waals surface area contributed by atoms with Crippen LogP contribution in [0.2, 0.25) is 0 Å². The Labute approximate surface area is 127 Å². The third-order valence-electron chi connectivity index (χ3n) is 5.14. The maximum Gasteiger partial charge on any atom is 0.146 e. The predicted molar refractivity (Wildman–Crippen MR) is 79.1 cm³/mol. The fourth-order valence-corrected chi connectivity index (χ4v) is 3.47. The average molecular weight is 302 g/mol. The molecule has 0 radical (unpaired) electrons. The van der Waals surface area contributed by atoms with Gasteiger partial charge in [-0.3, -0.25) is 0 Å². The molecular formula is C16H30O5. The van der Waals surface area contributed by atoms with Crippen LogP contribution in [0.4, 0.5) is 0 Å². The quantitative estimate of drug-likeness (QED) is 0.731. The first kappa shape index (κ1) is 17.2. The van der Waals surface area contributed by atoms with Crippen molar-refractivity contribution < 1.29 is 24.1 Å². The molecule has 2 aliphatic heterocycles. The lowest BCUT2D eigenvalue weighted by atomic mass is 9.91. The minimum absolute atomic E-state index is 0.0132. The molecule has 21 heavy (non-hydrogen) atoms. The van der Waals surface area contributed by atoms with Crippen molar-refractivity contribution in [2.24, 2.45) is 0 Å². The SMILES string of the molecule is COCO[C@H](C)[C@]1(C)CC[C@H]([C@]2(C)CC[C@@H](CCO)O2)O1. The van der Waals surface area contributed by atoms with Crippen LogP contribution >= 0.6 is 0 Å². The second kappa shape index (κ2) is 6.92. The summed E-state index contributed by atoms with van der Waals surface area (Å²) >= 11 is 0. The predicted octanol–water partition coefficient (Wildman–Crippen LogP) is 2.25. The molecule has 0 aromatic carbocycles. The molecule has 1 N–H and O–H groups in total. The summed E-state index contributed by atoms with van der Waals surface area (Å²) in [7, 11) is 1.63. The summed E-state index contributed by atoms with van der Waals surface area (Å²) in [6.45, 7) is 6.76. The Bertz CT molecular complexity index is 337. The summed E-state index contributed by atoms with van der Waals surface area (Å²) < 4.78 is 23.2. The first-order chi connectivity index (χ1) is 9.93. The monoisotopic (exact) mass is 302 g/mol. The Balaban J connectivity index is 1.92. The fourth-order valence-electron chi connectivity index (χ4n) is 3.47. The number of ether oxygens (including phenoxy) is 4. The van der Waals surface area contributed by atoms with Gasteiger partial charge < -0.3 is 24.1 Å². The lowest BCUT2D eigenvalue weighted by Crippen LogP contribution is -2.45. The molecule has 0 bridgehead atoms. The summed E-state index contributed by atoms with van der Waals surface area (Å²) in [6.07, 6.45) is 4.91. The smallest absolute Gasteiger partial charge is 0.146 e. The van der Waals surface area contributed by atoms with Crippen molar-refractivity contribution >= 4 is 0 Å². The Morgan fingerprint density at radius 1 is 1.24 bits per heavy atom. The molecule has 0 aliphatic carbocycles. The maximum atomic E-state index is 9.06. The maximum absolute atomic E-state index is 9.06. The van der Waals surface area contributed by atoms with E-state index in [2.05, 4.69) is 13.8 Å².